The molecule has 1 fully saturated rings. The second-order valence-corrected chi connectivity index (χ2v) is 5.75. The third kappa shape index (κ3) is 3.19. The maximum atomic E-state index is 13.2. The molecule has 1 aliphatic rings. The highest BCUT2D eigenvalue weighted by molar-refractivity contribution is 6.31. The molecule has 2 amide bonds. The number of carbonyl (C=O) groups excluding carboxylic acids is 1. The fourth-order valence-corrected chi connectivity index (χ4v) is 2.90. The summed E-state index contributed by atoms with van der Waals surface area (Å²) in [5.41, 5.74) is 1.38. The van der Waals surface area contributed by atoms with Gasteiger partial charge in [0, 0.05) is 12.1 Å². The van der Waals surface area contributed by atoms with Gasteiger partial charge in [-0.3, -0.25) is 10.3 Å². The van der Waals surface area contributed by atoms with Gasteiger partial charge in [0.05, 0.1) is 11.1 Å². The number of likely N-dealkylation sites (tertiary alicyclic amines) is 1. The van der Waals surface area contributed by atoms with E-state index in [2.05, 4.69) is 5.32 Å². The van der Waals surface area contributed by atoms with Gasteiger partial charge in [-0.25, -0.2) is 9.18 Å². The summed E-state index contributed by atoms with van der Waals surface area (Å²) in [4.78, 5) is 14.0. The number of anilines is 1. The second-order valence-electron chi connectivity index (χ2n) is 5.34. The zero-order valence-electron chi connectivity index (χ0n) is 12.2. The van der Waals surface area contributed by atoms with Crippen LogP contribution in [0.4, 0.5) is 14.9 Å². The summed E-state index contributed by atoms with van der Waals surface area (Å²) in [7, 11) is 0. The summed E-state index contributed by atoms with van der Waals surface area (Å²) in [5, 5.41) is 10.7. The van der Waals surface area contributed by atoms with Crippen LogP contribution >= 0.6 is 11.6 Å². The number of carbonyl (C=O) groups is 1. The van der Waals surface area contributed by atoms with Crippen molar-refractivity contribution in [3.63, 3.8) is 0 Å². The number of amidine groups is 1. The molecule has 0 aliphatic carbocycles. The topological polar surface area (TPSA) is 56.2 Å². The Bertz CT molecular complexity index is 751. The number of amides is 2. The molecule has 1 aliphatic heterocycles. The minimum Gasteiger partial charge on any atom is -0.307 e. The summed E-state index contributed by atoms with van der Waals surface area (Å²) in [6.07, 6.45) is 1.25. The van der Waals surface area contributed by atoms with E-state index in [1.54, 1.807) is 0 Å². The molecule has 1 heterocycles. The molecule has 1 saturated heterocycles. The van der Waals surface area contributed by atoms with E-state index < -0.39 is 11.8 Å². The highest BCUT2D eigenvalue weighted by atomic mass is 35.5. The molecule has 118 valence electrons. The van der Waals surface area contributed by atoms with E-state index in [0.29, 0.717) is 18.5 Å². The lowest BCUT2D eigenvalue weighted by Gasteiger charge is -2.25. The van der Waals surface area contributed by atoms with Crippen molar-refractivity contribution in [2.45, 2.75) is 18.9 Å². The number of benzene rings is 2. The Kier molecular flexibility index (Phi) is 4.30. The Labute approximate surface area is 138 Å². The Balaban J connectivity index is 1.81. The molecule has 1 unspecified atom stereocenters. The van der Waals surface area contributed by atoms with Gasteiger partial charge in [0.15, 0.2) is 0 Å². The van der Waals surface area contributed by atoms with E-state index in [-0.39, 0.29) is 16.9 Å². The fourth-order valence-electron chi connectivity index (χ4n) is 2.72. The molecule has 0 aromatic heterocycles. The Morgan fingerprint density at radius 3 is 2.70 bits per heavy atom. The van der Waals surface area contributed by atoms with E-state index >= 15 is 0 Å². The van der Waals surface area contributed by atoms with Crippen LogP contribution in [0.5, 0.6) is 0 Å². The summed E-state index contributed by atoms with van der Waals surface area (Å²) in [6, 6.07) is 13.0. The zero-order chi connectivity index (χ0) is 16.4. The van der Waals surface area contributed by atoms with Gasteiger partial charge >= 0.3 is 6.03 Å². The van der Waals surface area contributed by atoms with Crippen molar-refractivity contribution in [2.24, 2.45) is 0 Å². The minimum atomic E-state index is -0.541. The average Bonchev–Trinajstić information content (AvgIpc) is 2.93. The molecule has 1 atom stereocenters. The van der Waals surface area contributed by atoms with Crippen LogP contribution in [0, 0.1) is 11.2 Å². The smallest absolute Gasteiger partial charge is 0.307 e. The molecule has 3 rings (SSSR count). The number of urea groups is 1. The van der Waals surface area contributed by atoms with Gasteiger partial charge in [-0.1, -0.05) is 41.9 Å². The van der Waals surface area contributed by atoms with E-state index in [1.165, 1.54) is 23.1 Å². The summed E-state index contributed by atoms with van der Waals surface area (Å²) in [6.45, 7) is 0. The molecule has 2 aromatic carbocycles. The quantitative estimate of drug-likeness (QED) is 0.814. The first-order valence-corrected chi connectivity index (χ1v) is 7.61. The van der Waals surface area contributed by atoms with Crippen molar-refractivity contribution in [2.75, 3.05) is 5.32 Å². The number of nitrogens with zero attached hydrogens (tertiary/aromatic N) is 1. The van der Waals surface area contributed by atoms with Crippen LogP contribution in [0.25, 0.3) is 0 Å². The minimum absolute atomic E-state index is 0.0566. The number of rotatable bonds is 2. The van der Waals surface area contributed by atoms with Crippen molar-refractivity contribution in [3.05, 3.63) is 64.9 Å². The van der Waals surface area contributed by atoms with Gasteiger partial charge < -0.3 is 5.32 Å². The summed E-state index contributed by atoms with van der Waals surface area (Å²) >= 11 is 5.73. The molecule has 4 nitrogen and oxygen atoms in total. The Morgan fingerprint density at radius 1 is 1.26 bits per heavy atom. The largest absolute Gasteiger partial charge is 0.327 e. The standard InChI is InChI=1S/C17H15ClFN3O/c18-13-10-12(6-7-14(13)19)21-17(23)22-15(8-9-16(22)20)11-4-2-1-3-5-11/h1-7,10,15,20H,8-9H2,(H,21,23). The lowest BCUT2D eigenvalue weighted by molar-refractivity contribution is 0.225. The average molecular weight is 332 g/mol. The van der Waals surface area contributed by atoms with Crippen LogP contribution in [0.2, 0.25) is 5.02 Å². The van der Waals surface area contributed by atoms with Crippen molar-refractivity contribution in [1.29, 1.82) is 5.41 Å². The van der Waals surface area contributed by atoms with Crippen molar-refractivity contribution < 1.29 is 9.18 Å². The monoisotopic (exact) mass is 331 g/mol. The lowest BCUT2D eigenvalue weighted by Crippen LogP contribution is -2.37. The van der Waals surface area contributed by atoms with Crippen LogP contribution < -0.4 is 5.32 Å². The van der Waals surface area contributed by atoms with Crippen LogP contribution in [-0.4, -0.2) is 16.8 Å². The summed E-state index contributed by atoms with van der Waals surface area (Å²) < 4.78 is 13.2. The number of nitrogens with one attached hydrogen (secondary N) is 2. The van der Waals surface area contributed by atoms with Gasteiger partial charge in [-0.05, 0) is 30.2 Å². The van der Waals surface area contributed by atoms with Gasteiger partial charge in [0.2, 0.25) is 0 Å². The van der Waals surface area contributed by atoms with Crippen LogP contribution in [0.1, 0.15) is 24.4 Å². The molecule has 0 bridgehead atoms. The molecule has 0 spiro atoms. The number of hydrogen-bond donors (Lipinski definition) is 2. The number of halogens is 2. The number of hydrogen-bond acceptors (Lipinski definition) is 2. The predicted molar refractivity (Wildman–Crippen MR) is 88.4 cm³/mol. The second kappa shape index (κ2) is 6.38. The van der Waals surface area contributed by atoms with E-state index in [9.17, 15) is 9.18 Å². The third-order valence-electron chi connectivity index (χ3n) is 3.83. The van der Waals surface area contributed by atoms with Gasteiger partial charge in [-0.2, -0.15) is 0 Å². The highest BCUT2D eigenvalue weighted by Crippen LogP contribution is 2.33. The Hall–Kier alpha value is -2.40. The fraction of sp³-hybridized carbons (Fsp3) is 0.176. The van der Waals surface area contributed by atoms with Gasteiger partial charge in [0.25, 0.3) is 0 Å². The predicted octanol–water partition coefficient (Wildman–Crippen LogP) is 4.83. The van der Waals surface area contributed by atoms with Gasteiger partial charge in [-0.15, -0.1) is 0 Å². The maximum absolute atomic E-state index is 13.2. The molecule has 0 radical (unpaired) electrons. The molecular weight excluding hydrogens is 317 g/mol. The van der Waals surface area contributed by atoms with Crippen LogP contribution in [-0.2, 0) is 0 Å². The van der Waals surface area contributed by atoms with Crippen molar-refractivity contribution in [3.8, 4) is 0 Å². The molecule has 2 N–H and O–H groups in total. The van der Waals surface area contributed by atoms with Gasteiger partial charge in [0.1, 0.15) is 11.7 Å². The van der Waals surface area contributed by atoms with Crippen LogP contribution in [0.3, 0.4) is 0 Å². The first kappa shape index (κ1) is 15.5. The zero-order valence-corrected chi connectivity index (χ0v) is 13.0. The molecule has 0 saturated carbocycles. The maximum Gasteiger partial charge on any atom is 0.327 e. The van der Waals surface area contributed by atoms with Crippen molar-refractivity contribution >= 4 is 29.2 Å². The first-order chi connectivity index (χ1) is 11.1. The first-order valence-electron chi connectivity index (χ1n) is 7.24. The van der Waals surface area contributed by atoms with E-state index in [1.807, 2.05) is 30.3 Å². The van der Waals surface area contributed by atoms with Crippen molar-refractivity contribution in [1.82, 2.24) is 4.90 Å². The molecule has 2 aromatic rings. The van der Waals surface area contributed by atoms with E-state index in [0.717, 1.165) is 5.56 Å². The highest BCUT2D eigenvalue weighted by Gasteiger charge is 2.34. The summed E-state index contributed by atoms with van der Waals surface area (Å²) in [5.74, 6) is -0.273. The molecular formula is C17H15ClFN3O. The van der Waals surface area contributed by atoms with Crippen LogP contribution in [0.15, 0.2) is 48.5 Å². The Morgan fingerprint density at radius 2 is 2.00 bits per heavy atom. The SMILES string of the molecule is N=C1CCC(c2ccccc2)N1C(=O)Nc1ccc(F)c(Cl)c1. The lowest BCUT2D eigenvalue weighted by atomic mass is 10.1. The molecule has 23 heavy (non-hydrogen) atoms. The van der Waals surface area contributed by atoms with E-state index in [4.69, 9.17) is 17.0 Å². The third-order valence-corrected chi connectivity index (χ3v) is 4.12. The normalized spacial score (nSPS) is 17.4. The molecule has 6 heteroatoms.